The average molecular weight is 196 g/mol. The molecule has 5 heavy (non-hydrogen) atoms. The average Bonchev–Trinajstić information content (AvgIpc) is 0. The topological polar surface area (TPSA) is 28.5 Å². The van der Waals surface area contributed by atoms with Crippen molar-refractivity contribution in [2.75, 3.05) is 0 Å². The third-order valence-electron chi connectivity index (χ3n) is 0. The third kappa shape index (κ3) is 21.5. The standard InChI is InChI=1S/Al.Cu.Mg.O.Zn/q+3;2*+2;-2;+2. The first kappa shape index (κ1) is 52.6. The van der Waals surface area contributed by atoms with Gasteiger partial charge in [0.15, 0.2) is 0 Å². The Balaban J connectivity index is 0. The summed E-state index contributed by atoms with van der Waals surface area (Å²) in [6.45, 7) is 0. The zero-order valence-corrected chi connectivity index (χ0v) is 9.18. The van der Waals surface area contributed by atoms with Gasteiger partial charge in [-0.25, -0.2) is 0 Å². The Morgan fingerprint density at radius 1 is 1.00 bits per heavy atom. The van der Waals surface area contributed by atoms with Crippen LogP contribution in [0.3, 0.4) is 0 Å². The van der Waals surface area contributed by atoms with Gasteiger partial charge in [-0.2, -0.15) is 0 Å². The Morgan fingerprint density at radius 3 is 1.00 bits per heavy atom. The molecule has 0 heterocycles. The Morgan fingerprint density at radius 2 is 1.00 bits per heavy atom. The smallest absolute Gasteiger partial charge is 2.00 e. The number of rotatable bonds is 0. The SMILES string of the molecule is [Al+3].[Cu+2].[Mg+2].[O-2].[Zn+2]. The van der Waals surface area contributed by atoms with Crippen LogP contribution in [0.15, 0.2) is 0 Å². The molecule has 0 N–H and O–H groups in total. The van der Waals surface area contributed by atoms with E-state index in [0.29, 0.717) is 0 Å². The van der Waals surface area contributed by atoms with Gasteiger partial charge in [0.2, 0.25) is 0 Å². The molecule has 0 aliphatic heterocycles. The third-order valence-corrected chi connectivity index (χ3v) is 0. The first-order valence-corrected chi connectivity index (χ1v) is 0. The molecule has 0 aliphatic carbocycles. The maximum absolute atomic E-state index is 0. The molecular formula is AlCuMgOZn+7. The maximum atomic E-state index is 0. The summed E-state index contributed by atoms with van der Waals surface area (Å²) < 4.78 is 0. The van der Waals surface area contributed by atoms with Crippen molar-refractivity contribution in [2.24, 2.45) is 0 Å². The van der Waals surface area contributed by atoms with Gasteiger partial charge in [-0.15, -0.1) is 0 Å². The molecule has 1 radical (unpaired) electrons. The Bertz CT molecular complexity index is 11.6. The van der Waals surface area contributed by atoms with Crippen LogP contribution in [0, 0.1) is 0 Å². The predicted octanol–water partition coefficient (Wildman–Crippen LogP) is -0.885. The van der Waals surface area contributed by atoms with Crippen LogP contribution >= 0.6 is 0 Å². The van der Waals surface area contributed by atoms with Crippen molar-refractivity contribution in [3.63, 3.8) is 0 Å². The molecule has 0 aliphatic rings. The molecule has 0 fully saturated rings. The minimum absolute atomic E-state index is 0. The van der Waals surface area contributed by atoms with E-state index in [1.807, 2.05) is 0 Å². The summed E-state index contributed by atoms with van der Waals surface area (Å²) >= 11 is 0. The monoisotopic (exact) mass is 194 g/mol. The molecule has 0 amide bonds. The summed E-state index contributed by atoms with van der Waals surface area (Å²) in [7, 11) is 0. The maximum Gasteiger partial charge on any atom is 3.00 e. The van der Waals surface area contributed by atoms with Gasteiger partial charge in [0, 0.05) is 0 Å². The largest absolute Gasteiger partial charge is 3.00 e. The van der Waals surface area contributed by atoms with E-state index in [1.165, 1.54) is 0 Å². The first-order chi connectivity index (χ1) is 0. The number of hydrogen-bond acceptors (Lipinski definition) is 0. The molecule has 0 aromatic heterocycles. The van der Waals surface area contributed by atoms with E-state index < -0.39 is 0 Å². The fourth-order valence-corrected chi connectivity index (χ4v) is 0. The van der Waals surface area contributed by atoms with Gasteiger partial charge in [0.05, 0.1) is 0 Å². The van der Waals surface area contributed by atoms with E-state index in [1.54, 1.807) is 0 Å². The van der Waals surface area contributed by atoms with Crippen LogP contribution in [0.2, 0.25) is 0 Å². The molecule has 0 unspecified atom stereocenters. The minimum atomic E-state index is 0. The Hall–Kier alpha value is 2.40. The molecule has 0 spiro atoms. The van der Waals surface area contributed by atoms with Crippen molar-refractivity contribution in [1.29, 1.82) is 0 Å². The molecule has 0 bridgehead atoms. The Kier molecular flexibility index (Phi) is 341. The van der Waals surface area contributed by atoms with Gasteiger partial charge < -0.3 is 5.48 Å². The van der Waals surface area contributed by atoms with Gasteiger partial charge in [-0.05, 0) is 0 Å². The van der Waals surface area contributed by atoms with Gasteiger partial charge in [-0.3, -0.25) is 0 Å². The van der Waals surface area contributed by atoms with Gasteiger partial charge in [-0.1, -0.05) is 0 Å². The quantitative estimate of drug-likeness (QED) is 0.450. The fraction of sp³-hybridized carbons (Fsp3) is 0. The summed E-state index contributed by atoms with van der Waals surface area (Å²) in [6.07, 6.45) is 0. The van der Waals surface area contributed by atoms with Crippen molar-refractivity contribution >= 4 is 40.4 Å². The second kappa shape index (κ2) is 32.4. The first-order valence-electron chi connectivity index (χ1n) is 0. The van der Waals surface area contributed by atoms with Crippen molar-refractivity contribution in [2.45, 2.75) is 0 Å². The fourth-order valence-electron chi connectivity index (χ4n) is 0. The van der Waals surface area contributed by atoms with Crippen LogP contribution in [0.5, 0.6) is 0 Å². The second-order valence-corrected chi connectivity index (χ2v) is 0. The van der Waals surface area contributed by atoms with Crippen molar-refractivity contribution < 1.29 is 42.0 Å². The normalized spacial score (nSPS) is 0. The summed E-state index contributed by atoms with van der Waals surface area (Å²) in [4.78, 5) is 0. The summed E-state index contributed by atoms with van der Waals surface area (Å²) in [5.41, 5.74) is 0. The molecule has 0 aromatic rings. The molecule has 0 saturated heterocycles. The van der Waals surface area contributed by atoms with Crippen LogP contribution in [0.25, 0.3) is 0 Å². The molecule has 17 valence electrons. The van der Waals surface area contributed by atoms with Crippen LogP contribution in [0.4, 0.5) is 0 Å². The van der Waals surface area contributed by atoms with Crippen molar-refractivity contribution in [3.8, 4) is 0 Å². The molecular weight excluding hydrogens is 196 g/mol. The predicted molar refractivity (Wildman–Crippen MR) is 12.2 cm³/mol. The summed E-state index contributed by atoms with van der Waals surface area (Å²) in [5, 5.41) is 0. The van der Waals surface area contributed by atoms with E-state index in [0.717, 1.165) is 0 Å². The van der Waals surface area contributed by atoms with E-state index in [2.05, 4.69) is 0 Å². The zero-order chi connectivity index (χ0) is 0. The van der Waals surface area contributed by atoms with Crippen molar-refractivity contribution in [3.05, 3.63) is 0 Å². The molecule has 0 saturated carbocycles. The van der Waals surface area contributed by atoms with Crippen LogP contribution in [-0.2, 0) is 42.0 Å². The van der Waals surface area contributed by atoms with E-state index in [-0.39, 0.29) is 82.4 Å². The van der Waals surface area contributed by atoms with E-state index in [9.17, 15) is 0 Å². The molecule has 0 rings (SSSR count). The van der Waals surface area contributed by atoms with Gasteiger partial charge >= 0.3 is 77.0 Å². The van der Waals surface area contributed by atoms with Crippen LogP contribution in [-0.4, -0.2) is 40.4 Å². The van der Waals surface area contributed by atoms with Crippen LogP contribution < -0.4 is 0 Å². The molecule has 0 aromatic carbocycles. The van der Waals surface area contributed by atoms with E-state index >= 15 is 0 Å². The van der Waals surface area contributed by atoms with Crippen molar-refractivity contribution in [1.82, 2.24) is 0 Å². The number of hydrogen-bond donors (Lipinski definition) is 0. The van der Waals surface area contributed by atoms with Gasteiger partial charge in [0.1, 0.15) is 0 Å². The van der Waals surface area contributed by atoms with Crippen LogP contribution in [0.1, 0.15) is 0 Å². The molecule has 5 heteroatoms. The zero-order valence-electron chi connectivity index (χ0n) is 2.70. The summed E-state index contributed by atoms with van der Waals surface area (Å²) in [5.74, 6) is 0. The minimum Gasteiger partial charge on any atom is -2.00 e. The molecule has 1 nitrogen and oxygen atoms in total. The van der Waals surface area contributed by atoms with Gasteiger partial charge in [0.25, 0.3) is 0 Å². The second-order valence-electron chi connectivity index (χ2n) is 0. The Labute approximate surface area is 81.5 Å². The molecule has 0 atom stereocenters. The summed E-state index contributed by atoms with van der Waals surface area (Å²) in [6, 6.07) is 0. The van der Waals surface area contributed by atoms with E-state index in [4.69, 9.17) is 0 Å².